The van der Waals surface area contributed by atoms with E-state index in [9.17, 15) is 8.42 Å². The van der Waals surface area contributed by atoms with Crippen LogP contribution < -0.4 is 14.8 Å². The first-order chi connectivity index (χ1) is 10.0. The van der Waals surface area contributed by atoms with Gasteiger partial charge >= 0.3 is 0 Å². The molecule has 8 heteroatoms. The highest BCUT2D eigenvalue weighted by molar-refractivity contribution is 7.89. The molecule has 112 valence electrons. The fourth-order valence-electron chi connectivity index (χ4n) is 1.62. The van der Waals surface area contributed by atoms with Crippen LogP contribution in [-0.4, -0.2) is 32.5 Å². The monoisotopic (exact) mass is 308 g/mol. The molecule has 0 aliphatic carbocycles. The van der Waals surface area contributed by atoms with E-state index in [1.807, 2.05) is 0 Å². The van der Waals surface area contributed by atoms with Crippen LogP contribution in [0.15, 0.2) is 41.6 Å². The fourth-order valence-corrected chi connectivity index (χ4v) is 2.58. The third kappa shape index (κ3) is 3.89. The second-order valence-corrected chi connectivity index (χ2v) is 5.93. The van der Waals surface area contributed by atoms with Crippen molar-refractivity contribution in [2.75, 3.05) is 19.5 Å². The van der Waals surface area contributed by atoms with Crippen molar-refractivity contribution < 1.29 is 13.2 Å². The Morgan fingerprint density at radius 3 is 2.67 bits per heavy atom. The molecule has 0 fully saturated rings. The maximum atomic E-state index is 12.1. The van der Waals surface area contributed by atoms with Crippen molar-refractivity contribution in [2.45, 2.75) is 11.4 Å². The Balaban J connectivity index is 2.09. The molecule has 0 spiro atoms. The first kappa shape index (κ1) is 15.2. The van der Waals surface area contributed by atoms with E-state index in [0.717, 1.165) is 5.56 Å². The maximum absolute atomic E-state index is 12.1. The van der Waals surface area contributed by atoms with Crippen LogP contribution in [0.5, 0.6) is 5.88 Å². The van der Waals surface area contributed by atoms with Crippen LogP contribution in [0.25, 0.3) is 0 Å². The van der Waals surface area contributed by atoms with Gasteiger partial charge in [0.1, 0.15) is 10.7 Å². The lowest BCUT2D eigenvalue weighted by Crippen LogP contribution is -2.23. The zero-order chi connectivity index (χ0) is 15.3. The van der Waals surface area contributed by atoms with Crippen molar-refractivity contribution in [2.24, 2.45) is 0 Å². The summed E-state index contributed by atoms with van der Waals surface area (Å²) in [6, 6.07) is 6.48. The summed E-state index contributed by atoms with van der Waals surface area (Å²) in [7, 11) is -0.385. The Labute approximate surface area is 123 Å². The van der Waals surface area contributed by atoms with E-state index >= 15 is 0 Å². The number of nitrogens with zero attached hydrogens (tertiary/aromatic N) is 2. The summed E-state index contributed by atoms with van der Waals surface area (Å²) in [6.07, 6.45) is 2.87. The van der Waals surface area contributed by atoms with Gasteiger partial charge in [-0.05, 0) is 23.8 Å². The zero-order valence-electron chi connectivity index (χ0n) is 11.7. The Bertz CT molecular complexity index is 702. The Morgan fingerprint density at radius 1 is 1.24 bits per heavy atom. The number of anilines is 1. The number of ether oxygens (including phenoxy) is 1. The molecule has 0 amide bonds. The van der Waals surface area contributed by atoms with Crippen LogP contribution in [-0.2, 0) is 16.6 Å². The number of hydrogen-bond donors (Lipinski definition) is 2. The van der Waals surface area contributed by atoms with Gasteiger partial charge in [0.2, 0.25) is 15.9 Å². The number of methoxy groups -OCH3 is 1. The minimum Gasteiger partial charge on any atom is -0.481 e. The van der Waals surface area contributed by atoms with Crippen LogP contribution in [0.4, 0.5) is 5.82 Å². The summed E-state index contributed by atoms with van der Waals surface area (Å²) < 4.78 is 31.8. The first-order valence-corrected chi connectivity index (χ1v) is 7.66. The minimum atomic E-state index is -3.60. The maximum Gasteiger partial charge on any atom is 0.242 e. The van der Waals surface area contributed by atoms with Gasteiger partial charge in [0, 0.05) is 32.1 Å². The van der Waals surface area contributed by atoms with Gasteiger partial charge in [-0.2, -0.15) is 0 Å². The molecule has 2 rings (SSSR count). The molecular weight excluding hydrogens is 292 g/mol. The smallest absolute Gasteiger partial charge is 0.242 e. The summed E-state index contributed by atoms with van der Waals surface area (Å²) in [6.45, 7) is 0.148. The van der Waals surface area contributed by atoms with Crippen molar-refractivity contribution in [3.63, 3.8) is 0 Å². The molecule has 0 saturated heterocycles. The van der Waals surface area contributed by atoms with Crippen LogP contribution in [0.1, 0.15) is 5.56 Å². The molecule has 2 heterocycles. The number of aromatic nitrogens is 2. The first-order valence-electron chi connectivity index (χ1n) is 6.17. The molecule has 0 radical (unpaired) electrons. The summed E-state index contributed by atoms with van der Waals surface area (Å²) in [5.74, 6) is 1.04. The predicted molar refractivity (Wildman–Crippen MR) is 78.6 cm³/mol. The molecule has 0 aliphatic heterocycles. The van der Waals surface area contributed by atoms with E-state index in [4.69, 9.17) is 4.74 Å². The van der Waals surface area contributed by atoms with Crippen molar-refractivity contribution in [3.05, 3.63) is 42.2 Å². The highest BCUT2D eigenvalue weighted by Crippen LogP contribution is 2.12. The zero-order valence-corrected chi connectivity index (χ0v) is 12.5. The molecule has 21 heavy (non-hydrogen) atoms. The topological polar surface area (TPSA) is 93.2 Å². The molecule has 0 aromatic carbocycles. The SMILES string of the molecule is CNc1ccc(S(=O)(=O)NCc2ccnc(OC)c2)cn1. The van der Waals surface area contributed by atoms with Crippen LogP contribution >= 0.6 is 0 Å². The van der Waals surface area contributed by atoms with Crippen LogP contribution in [0, 0.1) is 0 Å². The molecule has 2 N–H and O–H groups in total. The summed E-state index contributed by atoms with van der Waals surface area (Å²) in [5, 5.41) is 2.83. The molecule has 7 nitrogen and oxygen atoms in total. The minimum absolute atomic E-state index is 0.113. The molecule has 0 unspecified atom stereocenters. The third-order valence-electron chi connectivity index (χ3n) is 2.78. The van der Waals surface area contributed by atoms with Crippen molar-refractivity contribution >= 4 is 15.8 Å². The van der Waals surface area contributed by atoms with E-state index in [-0.39, 0.29) is 11.4 Å². The lowest BCUT2D eigenvalue weighted by Gasteiger charge is -2.08. The van der Waals surface area contributed by atoms with Gasteiger partial charge in [0.05, 0.1) is 7.11 Å². The van der Waals surface area contributed by atoms with Crippen LogP contribution in [0.2, 0.25) is 0 Å². The fraction of sp³-hybridized carbons (Fsp3) is 0.231. The molecule has 0 atom stereocenters. The van der Waals surface area contributed by atoms with Crippen molar-refractivity contribution in [3.8, 4) is 5.88 Å². The largest absolute Gasteiger partial charge is 0.481 e. The van der Waals surface area contributed by atoms with Gasteiger partial charge in [-0.1, -0.05) is 0 Å². The molecule has 0 aliphatic rings. The standard InChI is InChI=1S/C13H16N4O3S/c1-14-12-4-3-11(9-16-12)21(18,19)17-8-10-5-6-15-13(7-10)20-2/h3-7,9,17H,8H2,1-2H3,(H,14,16). The van der Waals surface area contributed by atoms with Gasteiger partial charge < -0.3 is 10.1 Å². The number of nitrogens with one attached hydrogen (secondary N) is 2. The third-order valence-corrected chi connectivity index (χ3v) is 4.16. The van der Waals surface area contributed by atoms with E-state index in [1.165, 1.54) is 19.4 Å². The predicted octanol–water partition coefficient (Wildman–Crippen LogP) is 1.01. The quantitative estimate of drug-likeness (QED) is 0.827. The lowest BCUT2D eigenvalue weighted by atomic mass is 10.3. The Hall–Kier alpha value is -2.19. The van der Waals surface area contributed by atoms with Crippen molar-refractivity contribution in [1.29, 1.82) is 0 Å². The van der Waals surface area contributed by atoms with Gasteiger partial charge in [-0.15, -0.1) is 0 Å². The highest BCUT2D eigenvalue weighted by atomic mass is 32.2. The number of hydrogen-bond acceptors (Lipinski definition) is 6. The second-order valence-electron chi connectivity index (χ2n) is 4.16. The van der Waals surface area contributed by atoms with Gasteiger partial charge in [-0.3, -0.25) is 0 Å². The molecule has 0 saturated carbocycles. The molecule has 2 aromatic heterocycles. The number of rotatable bonds is 6. The Morgan fingerprint density at radius 2 is 2.05 bits per heavy atom. The van der Waals surface area contributed by atoms with E-state index in [2.05, 4.69) is 20.0 Å². The van der Waals surface area contributed by atoms with E-state index in [1.54, 1.807) is 31.4 Å². The summed E-state index contributed by atoms with van der Waals surface area (Å²) in [5.41, 5.74) is 0.755. The Kier molecular flexibility index (Phi) is 4.71. The average Bonchev–Trinajstić information content (AvgIpc) is 2.53. The van der Waals surface area contributed by atoms with Crippen LogP contribution in [0.3, 0.4) is 0 Å². The average molecular weight is 308 g/mol. The highest BCUT2D eigenvalue weighted by Gasteiger charge is 2.14. The van der Waals surface area contributed by atoms with Gasteiger partial charge in [-0.25, -0.2) is 23.1 Å². The number of sulfonamides is 1. The van der Waals surface area contributed by atoms with Crippen molar-refractivity contribution in [1.82, 2.24) is 14.7 Å². The molecule has 2 aromatic rings. The van der Waals surface area contributed by atoms with E-state index in [0.29, 0.717) is 11.7 Å². The van der Waals surface area contributed by atoms with Gasteiger partial charge in [0.15, 0.2) is 0 Å². The lowest BCUT2D eigenvalue weighted by molar-refractivity contribution is 0.397. The summed E-state index contributed by atoms with van der Waals surface area (Å²) >= 11 is 0. The van der Waals surface area contributed by atoms with E-state index < -0.39 is 10.0 Å². The molecule has 0 bridgehead atoms. The number of pyridine rings is 2. The normalized spacial score (nSPS) is 11.1. The molecular formula is C13H16N4O3S. The van der Waals surface area contributed by atoms with Gasteiger partial charge in [0.25, 0.3) is 0 Å². The second kappa shape index (κ2) is 6.51. The summed E-state index contributed by atoms with van der Waals surface area (Å²) in [4.78, 5) is 8.06.